The number of anilines is 1. The topological polar surface area (TPSA) is 64.7 Å². The lowest BCUT2D eigenvalue weighted by Gasteiger charge is -2.39. The van der Waals surface area contributed by atoms with Gasteiger partial charge < -0.3 is 15.5 Å². The minimum atomic E-state index is -0.635. The maximum absolute atomic E-state index is 13.6. The van der Waals surface area contributed by atoms with Gasteiger partial charge >= 0.3 is 6.03 Å². The van der Waals surface area contributed by atoms with Crippen LogP contribution in [0.3, 0.4) is 0 Å². The minimum absolute atomic E-state index is 0.187. The number of amides is 3. The van der Waals surface area contributed by atoms with Crippen molar-refractivity contribution in [2.24, 2.45) is 0 Å². The molecule has 154 valence electrons. The molecule has 0 aliphatic carbocycles. The van der Waals surface area contributed by atoms with E-state index in [1.165, 1.54) is 19.1 Å². The number of piperazine rings is 1. The summed E-state index contributed by atoms with van der Waals surface area (Å²) in [6.45, 7) is 3.08. The molecule has 29 heavy (non-hydrogen) atoms. The first-order chi connectivity index (χ1) is 13.8. The van der Waals surface area contributed by atoms with Gasteiger partial charge in [-0.05, 0) is 36.4 Å². The molecule has 1 aliphatic heterocycles. The fourth-order valence-electron chi connectivity index (χ4n) is 3.45. The van der Waals surface area contributed by atoms with E-state index in [1.807, 2.05) is 24.1 Å². The number of nitrogens with one attached hydrogen (secondary N) is 2. The molecule has 3 amide bonds. The zero-order chi connectivity index (χ0) is 21.0. The highest BCUT2D eigenvalue weighted by Gasteiger charge is 2.29. The Morgan fingerprint density at radius 3 is 2.48 bits per heavy atom. The summed E-state index contributed by atoms with van der Waals surface area (Å²) in [7, 11) is 1.87. The van der Waals surface area contributed by atoms with Gasteiger partial charge in [0.25, 0.3) is 0 Å². The van der Waals surface area contributed by atoms with Crippen LogP contribution < -0.4 is 10.6 Å². The number of hydrogen-bond donors (Lipinski definition) is 2. The number of rotatable bonds is 4. The van der Waals surface area contributed by atoms with Crippen LogP contribution in [0.25, 0.3) is 0 Å². The van der Waals surface area contributed by atoms with Crippen molar-refractivity contribution in [2.45, 2.75) is 19.5 Å². The van der Waals surface area contributed by atoms with Crippen molar-refractivity contribution in [3.8, 4) is 0 Å². The highest BCUT2D eigenvalue weighted by atomic mass is 19.1. The minimum Gasteiger partial charge on any atom is -0.334 e. The smallest absolute Gasteiger partial charge is 0.317 e. The van der Waals surface area contributed by atoms with E-state index in [9.17, 15) is 18.4 Å². The summed E-state index contributed by atoms with van der Waals surface area (Å²) in [5.74, 6) is -1.46. The molecule has 0 saturated carbocycles. The van der Waals surface area contributed by atoms with Crippen molar-refractivity contribution in [1.82, 2.24) is 15.1 Å². The summed E-state index contributed by atoms with van der Waals surface area (Å²) in [6, 6.07) is 10.1. The van der Waals surface area contributed by atoms with Crippen LogP contribution in [0.4, 0.5) is 19.3 Å². The van der Waals surface area contributed by atoms with Gasteiger partial charge in [0.1, 0.15) is 11.6 Å². The van der Waals surface area contributed by atoms with E-state index in [0.717, 1.165) is 11.6 Å². The molecule has 1 saturated heterocycles. The summed E-state index contributed by atoms with van der Waals surface area (Å²) < 4.78 is 27.2. The zero-order valence-corrected chi connectivity index (χ0v) is 16.4. The molecule has 1 aliphatic rings. The average Bonchev–Trinajstić information content (AvgIpc) is 2.66. The van der Waals surface area contributed by atoms with Crippen molar-refractivity contribution < 1.29 is 18.4 Å². The quantitative estimate of drug-likeness (QED) is 0.826. The monoisotopic (exact) mass is 402 g/mol. The fraction of sp³-hybridized carbons (Fsp3) is 0.333. The first-order valence-corrected chi connectivity index (χ1v) is 9.38. The number of likely N-dealkylation sites (N-methyl/N-ethyl adjacent to an activating group) is 1. The molecule has 2 aromatic rings. The predicted octanol–water partition coefficient (Wildman–Crippen LogP) is 3.12. The van der Waals surface area contributed by atoms with Crippen molar-refractivity contribution in [2.75, 3.05) is 32.0 Å². The molecule has 0 aromatic heterocycles. The molecule has 8 heteroatoms. The van der Waals surface area contributed by atoms with Crippen molar-refractivity contribution >= 4 is 17.6 Å². The Morgan fingerprint density at radius 2 is 1.79 bits per heavy atom. The van der Waals surface area contributed by atoms with Crippen molar-refractivity contribution in [3.63, 3.8) is 0 Å². The highest BCUT2D eigenvalue weighted by Crippen LogP contribution is 2.25. The molecule has 0 spiro atoms. The van der Waals surface area contributed by atoms with Crippen LogP contribution in [0.5, 0.6) is 0 Å². The van der Waals surface area contributed by atoms with Gasteiger partial charge in [0.05, 0.1) is 6.04 Å². The first kappa shape index (κ1) is 20.7. The molecule has 1 fully saturated rings. The summed E-state index contributed by atoms with van der Waals surface area (Å²) in [4.78, 5) is 27.6. The number of halogens is 2. The Bertz CT molecular complexity index is 886. The van der Waals surface area contributed by atoms with Gasteiger partial charge in [-0.3, -0.25) is 9.69 Å². The van der Waals surface area contributed by atoms with E-state index in [1.54, 1.807) is 17.0 Å². The number of carbonyl (C=O) groups excluding carboxylic acids is 2. The van der Waals surface area contributed by atoms with Gasteiger partial charge in [-0.1, -0.05) is 18.2 Å². The van der Waals surface area contributed by atoms with Gasteiger partial charge in [-0.15, -0.1) is 0 Å². The van der Waals surface area contributed by atoms with Gasteiger partial charge in [0, 0.05) is 44.9 Å². The third-order valence-electron chi connectivity index (χ3n) is 4.96. The number of carbonyl (C=O) groups is 2. The molecule has 3 rings (SSSR count). The third-order valence-corrected chi connectivity index (χ3v) is 4.96. The van der Waals surface area contributed by atoms with Crippen LogP contribution in [-0.2, 0) is 11.3 Å². The summed E-state index contributed by atoms with van der Waals surface area (Å²) >= 11 is 0. The first-order valence-electron chi connectivity index (χ1n) is 9.38. The van der Waals surface area contributed by atoms with E-state index >= 15 is 0 Å². The summed E-state index contributed by atoms with van der Waals surface area (Å²) in [6.07, 6.45) is 0. The molecule has 2 aromatic carbocycles. The molecule has 6 nitrogen and oxygen atoms in total. The molecule has 1 heterocycles. The lowest BCUT2D eigenvalue weighted by molar-refractivity contribution is -0.114. The normalized spacial score (nSPS) is 17.1. The Morgan fingerprint density at radius 1 is 1.10 bits per heavy atom. The number of nitrogens with zero attached hydrogens (tertiary/aromatic N) is 2. The van der Waals surface area contributed by atoms with E-state index in [2.05, 4.69) is 10.6 Å². The standard InChI is InChI=1S/C21H24F2N4O2/c1-14(28)25-19-6-4-3-5-15(19)12-24-21(29)27-8-7-26(2)20(13-27)16-9-17(22)11-18(23)10-16/h3-6,9-11,20H,7-8,12-13H2,1-2H3,(H,24,29)(H,25,28). The SMILES string of the molecule is CC(=O)Nc1ccccc1CNC(=O)N1CCN(C)C(c2cc(F)cc(F)c2)C1. The number of urea groups is 1. The number of para-hydroxylation sites is 1. The second-order valence-electron chi connectivity index (χ2n) is 7.14. The second-order valence-corrected chi connectivity index (χ2v) is 7.14. The molecular formula is C21H24F2N4O2. The largest absolute Gasteiger partial charge is 0.334 e. The van der Waals surface area contributed by atoms with Gasteiger partial charge in [0.15, 0.2) is 0 Å². The maximum atomic E-state index is 13.6. The van der Waals surface area contributed by atoms with Crippen LogP contribution in [-0.4, -0.2) is 48.4 Å². The zero-order valence-electron chi connectivity index (χ0n) is 16.4. The predicted molar refractivity (Wildman–Crippen MR) is 106 cm³/mol. The maximum Gasteiger partial charge on any atom is 0.317 e. The Labute approximate surface area is 168 Å². The van der Waals surface area contributed by atoms with Gasteiger partial charge in [-0.2, -0.15) is 0 Å². The molecule has 1 unspecified atom stereocenters. The van der Waals surface area contributed by atoms with E-state index in [-0.39, 0.29) is 24.5 Å². The number of hydrogen-bond acceptors (Lipinski definition) is 3. The summed E-state index contributed by atoms with van der Waals surface area (Å²) in [5.41, 5.74) is 1.93. The number of benzene rings is 2. The van der Waals surface area contributed by atoms with Crippen LogP contribution in [0.15, 0.2) is 42.5 Å². The van der Waals surface area contributed by atoms with E-state index < -0.39 is 11.6 Å². The lowest BCUT2D eigenvalue weighted by Crippen LogP contribution is -2.51. The Kier molecular flexibility index (Phi) is 6.43. The van der Waals surface area contributed by atoms with Crippen molar-refractivity contribution in [1.29, 1.82) is 0 Å². The van der Waals surface area contributed by atoms with E-state index in [4.69, 9.17) is 0 Å². The average molecular weight is 402 g/mol. The van der Waals surface area contributed by atoms with Crippen molar-refractivity contribution in [3.05, 3.63) is 65.2 Å². The Hall–Kier alpha value is -3.00. The molecule has 0 radical (unpaired) electrons. The molecule has 0 bridgehead atoms. The highest BCUT2D eigenvalue weighted by molar-refractivity contribution is 5.89. The second kappa shape index (κ2) is 9.00. The Balaban J connectivity index is 1.66. The third kappa shape index (κ3) is 5.29. The van der Waals surface area contributed by atoms with Gasteiger partial charge in [-0.25, -0.2) is 13.6 Å². The van der Waals surface area contributed by atoms with Crippen LogP contribution in [0, 0.1) is 11.6 Å². The van der Waals surface area contributed by atoms with Crippen LogP contribution in [0.2, 0.25) is 0 Å². The molecule has 2 N–H and O–H groups in total. The van der Waals surface area contributed by atoms with Crippen LogP contribution in [0.1, 0.15) is 24.1 Å². The lowest BCUT2D eigenvalue weighted by atomic mass is 10.0. The molecular weight excluding hydrogens is 378 g/mol. The molecule has 1 atom stereocenters. The fourth-order valence-corrected chi connectivity index (χ4v) is 3.45. The van der Waals surface area contributed by atoms with Gasteiger partial charge in [0.2, 0.25) is 5.91 Å². The summed E-state index contributed by atoms with van der Waals surface area (Å²) in [5, 5.41) is 5.60. The van der Waals surface area contributed by atoms with Crippen LogP contribution >= 0.6 is 0 Å². The van der Waals surface area contributed by atoms with E-state index in [0.29, 0.717) is 30.9 Å².